The molecule has 0 unspecified atom stereocenters. The van der Waals surface area contributed by atoms with Gasteiger partial charge in [-0.2, -0.15) is 0 Å². The summed E-state index contributed by atoms with van der Waals surface area (Å²) in [7, 11) is 2.16. The largest absolute Gasteiger partial charge is 0.481 e. The van der Waals surface area contributed by atoms with Crippen LogP contribution in [0.5, 0.6) is 0 Å². The Morgan fingerprint density at radius 2 is 1.80 bits per heavy atom. The van der Waals surface area contributed by atoms with Gasteiger partial charge in [-0.05, 0) is 51.1 Å². The van der Waals surface area contributed by atoms with Crippen molar-refractivity contribution < 1.29 is 9.90 Å². The normalized spacial score (nSPS) is 26.9. The van der Waals surface area contributed by atoms with Crippen LogP contribution in [0.15, 0.2) is 0 Å². The summed E-state index contributed by atoms with van der Waals surface area (Å²) in [5.41, 5.74) is 0. The summed E-state index contributed by atoms with van der Waals surface area (Å²) < 4.78 is 0. The number of nitrogens with zero attached hydrogens (tertiary/aromatic N) is 1. The van der Waals surface area contributed by atoms with Crippen LogP contribution in [0.3, 0.4) is 0 Å². The highest BCUT2D eigenvalue weighted by atomic mass is 16.4. The minimum atomic E-state index is -0.635. The third-order valence-corrected chi connectivity index (χ3v) is 3.54. The quantitative estimate of drug-likeness (QED) is 0.761. The summed E-state index contributed by atoms with van der Waals surface area (Å²) in [6, 6.07) is 0. The van der Waals surface area contributed by atoms with Crippen molar-refractivity contribution in [1.29, 1.82) is 0 Å². The van der Waals surface area contributed by atoms with Crippen LogP contribution in [0.25, 0.3) is 0 Å². The molecule has 1 aliphatic rings. The number of aliphatic carboxylic acids is 1. The second-order valence-corrected chi connectivity index (χ2v) is 4.84. The Labute approximate surface area is 92.5 Å². The molecule has 0 aromatic rings. The van der Waals surface area contributed by atoms with E-state index in [1.165, 1.54) is 19.4 Å². The molecule has 0 aromatic carbocycles. The Bertz CT molecular complexity index is 198. The molecular weight excluding hydrogens is 190 g/mol. The Morgan fingerprint density at radius 3 is 2.27 bits per heavy atom. The van der Waals surface area contributed by atoms with Gasteiger partial charge >= 0.3 is 5.97 Å². The van der Waals surface area contributed by atoms with Gasteiger partial charge in [0.25, 0.3) is 0 Å². The summed E-state index contributed by atoms with van der Waals surface area (Å²) in [6.45, 7) is 4.46. The summed E-state index contributed by atoms with van der Waals surface area (Å²) in [4.78, 5) is 12.9. The number of carboxylic acid groups (broad SMARTS) is 1. The van der Waals surface area contributed by atoms with Crippen LogP contribution in [0, 0.1) is 11.8 Å². The van der Waals surface area contributed by atoms with E-state index in [0.717, 1.165) is 25.3 Å². The van der Waals surface area contributed by atoms with Gasteiger partial charge in [-0.1, -0.05) is 6.92 Å². The molecule has 0 aliphatic heterocycles. The number of hydrogen-bond donors (Lipinski definition) is 1. The molecule has 0 radical (unpaired) electrons. The zero-order valence-electron chi connectivity index (χ0n) is 9.91. The smallest absolute Gasteiger partial charge is 0.303 e. The molecule has 15 heavy (non-hydrogen) atoms. The molecule has 0 amide bonds. The van der Waals surface area contributed by atoms with Crippen molar-refractivity contribution in [3.8, 4) is 0 Å². The van der Waals surface area contributed by atoms with E-state index < -0.39 is 5.97 Å². The lowest BCUT2D eigenvalue weighted by atomic mass is 9.80. The van der Waals surface area contributed by atoms with Crippen molar-refractivity contribution in [2.45, 2.75) is 39.0 Å². The Hall–Kier alpha value is -0.570. The summed E-state index contributed by atoms with van der Waals surface area (Å²) in [5.74, 6) is 0.592. The van der Waals surface area contributed by atoms with Crippen LogP contribution in [-0.4, -0.2) is 36.1 Å². The summed E-state index contributed by atoms with van der Waals surface area (Å²) >= 11 is 0. The summed E-state index contributed by atoms with van der Waals surface area (Å²) in [6.07, 6.45) is 5.00. The van der Waals surface area contributed by atoms with E-state index in [0.29, 0.717) is 12.3 Å². The van der Waals surface area contributed by atoms with E-state index in [4.69, 9.17) is 5.11 Å². The lowest BCUT2D eigenvalue weighted by molar-refractivity contribution is -0.138. The molecule has 1 rings (SSSR count). The molecule has 0 bridgehead atoms. The molecule has 0 heterocycles. The minimum Gasteiger partial charge on any atom is -0.481 e. The van der Waals surface area contributed by atoms with Gasteiger partial charge < -0.3 is 10.0 Å². The number of carbonyl (C=O) groups is 1. The fourth-order valence-electron chi connectivity index (χ4n) is 2.44. The molecule has 1 saturated carbocycles. The Kier molecular flexibility index (Phi) is 5.09. The number of carboxylic acids is 1. The summed E-state index contributed by atoms with van der Waals surface area (Å²) in [5, 5.41) is 8.71. The highest BCUT2D eigenvalue weighted by Crippen LogP contribution is 2.30. The minimum absolute atomic E-state index is 0.371. The lowest BCUT2D eigenvalue weighted by Crippen LogP contribution is -2.28. The van der Waals surface area contributed by atoms with Crippen LogP contribution in [0.1, 0.15) is 39.0 Å². The molecular formula is C12H23NO2. The predicted octanol–water partition coefficient (Wildman–Crippen LogP) is 2.22. The van der Waals surface area contributed by atoms with Gasteiger partial charge in [0.2, 0.25) is 0 Å². The molecule has 3 heteroatoms. The first kappa shape index (κ1) is 12.5. The first-order chi connectivity index (χ1) is 7.11. The maximum Gasteiger partial charge on any atom is 0.303 e. The molecule has 1 aliphatic carbocycles. The van der Waals surface area contributed by atoms with Gasteiger partial charge in [-0.25, -0.2) is 0 Å². The van der Waals surface area contributed by atoms with Crippen molar-refractivity contribution in [3.63, 3.8) is 0 Å². The Balaban J connectivity index is 2.20. The van der Waals surface area contributed by atoms with Gasteiger partial charge in [0, 0.05) is 13.0 Å². The molecule has 0 aromatic heterocycles. The van der Waals surface area contributed by atoms with Crippen molar-refractivity contribution in [1.82, 2.24) is 4.90 Å². The van der Waals surface area contributed by atoms with Crippen LogP contribution in [0.2, 0.25) is 0 Å². The zero-order chi connectivity index (χ0) is 11.3. The van der Waals surface area contributed by atoms with Crippen LogP contribution in [0.4, 0.5) is 0 Å². The molecule has 88 valence electrons. The Morgan fingerprint density at radius 1 is 1.27 bits per heavy atom. The highest BCUT2D eigenvalue weighted by Gasteiger charge is 2.23. The van der Waals surface area contributed by atoms with Gasteiger partial charge in [0.05, 0.1) is 0 Å². The van der Waals surface area contributed by atoms with Gasteiger partial charge in [0.1, 0.15) is 0 Å². The third kappa shape index (κ3) is 4.65. The predicted molar refractivity (Wildman–Crippen MR) is 60.9 cm³/mol. The van der Waals surface area contributed by atoms with Crippen LogP contribution in [-0.2, 0) is 4.79 Å². The third-order valence-electron chi connectivity index (χ3n) is 3.54. The molecule has 0 atom stereocenters. The monoisotopic (exact) mass is 213 g/mol. The van der Waals surface area contributed by atoms with E-state index >= 15 is 0 Å². The van der Waals surface area contributed by atoms with Gasteiger partial charge in [0.15, 0.2) is 0 Å². The topological polar surface area (TPSA) is 40.5 Å². The maximum atomic E-state index is 10.6. The second-order valence-electron chi connectivity index (χ2n) is 4.84. The second kappa shape index (κ2) is 6.11. The van der Waals surface area contributed by atoms with E-state index in [1.807, 2.05) is 0 Å². The fourth-order valence-corrected chi connectivity index (χ4v) is 2.44. The van der Waals surface area contributed by atoms with Crippen LogP contribution < -0.4 is 0 Å². The SMILES string of the molecule is CCN(C)C[C@H]1CC[C@H](CC(=O)O)CC1. The molecule has 1 fully saturated rings. The van der Waals surface area contributed by atoms with Gasteiger partial charge in [-0.15, -0.1) is 0 Å². The van der Waals surface area contributed by atoms with E-state index in [9.17, 15) is 4.79 Å². The van der Waals surface area contributed by atoms with Crippen molar-refractivity contribution in [2.75, 3.05) is 20.1 Å². The van der Waals surface area contributed by atoms with E-state index in [2.05, 4.69) is 18.9 Å². The first-order valence-corrected chi connectivity index (χ1v) is 6.02. The molecule has 0 saturated heterocycles. The van der Waals surface area contributed by atoms with Crippen molar-refractivity contribution in [3.05, 3.63) is 0 Å². The first-order valence-electron chi connectivity index (χ1n) is 6.02. The highest BCUT2D eigenvalue weighted by molar-refractivity contribution is 5.67. The fraction of sp³-hybridized carbons (Fsp3) is 0.917. The average molecular weight is 213 g/mol. The number of rotatable bonds is 5. The zero-order valence-corrected chi connectivity index (χ0v) is 9.91. The van der Waals surface area contributed by atoms with E-state index in [-0.39, 0.29) is 0 Å². The maximum absolute atomic E-state index is 10.6. The number of hydrogen-bond acceptors (Lipinski definition) is 2. The molecule has 3 nitrogen and oxygen atoms in total. The molecule has 1 N–H and O–H groups in total. The van der Waals surface area contributed by atoms with Crippen LogP contribution >= 0.6 is 0 Å². The van der Waals surface area contributed by atoms with Gasteiger partial charge in [-0.3, -0.25) is 4.79 Å². The van der Waals surface area contributed by atoms with Crippen molar-refractivity contribution in [2.24, 2.45) is 11.8 Å². The average Bonchev–Trinajstić information content (AvgIpc) is 2.20. The molecule has 0 spiro atoms. The van der Waals surface area contributed by atoms with Crippen molar-refractivity contribution >= 4 is 5.97 Å². The lowest BCUT2D eigenvalue weighted by Gasteiger charge is -2.30. The van der Waals surface area contributed by atoms with E-state index in [1.54, 1.807) is 0 Å². The standard InChI is InChI=1S/C12H23NO2/c1-3-13(2)9-11-6-4-10(5-7-11)8-12(14)15/h10-11H,3-9H2,1-2H3,(H,14,15)/t10-,11-.